The minimum absolute atomic E-state index is 0.00145. The van der Waals surface area contributed by atoms with Crippen molar-refractivity contribution in [1.29, 1.82) is 0 Å². The molecule has 9 nitrogen and oxygen atoms in total. The topological polar surface area (TPSA) is 129 Å². The molecule has 1 fully saturated rings. The van der Waals surface area contributed by atoms with Crippen molar-refractivity contribution in [3.63, 3.8) is 0 Å². The predicted molar refractivity (Wildman–Crippen MR) is 182 cm³/mol. The van der Waals surface area contributed by atoms with Gasteiger partial charge >= 0.3 is 0 Å². The molecule has 0 bridgehead atoms. The second-order valence-electron chi connectivity index (χ2n) is 12.3. The lowest BCUT2D eigenvalue weighted by atomic mass is 9.95. The third-order valence-corrected chi connectivity index (χ3v) is 9.21. The zero-order chi connectivity index (χ0) is 33.4. The molecule has 2 aromatic rings. The normalized spacial score (nSPS) is 17.6. The number of hydrogen-bond donors (Lipinski definition) is 4. The van der Waals surface area contributed by atoms with Crippen LogP contribution in [0.4, 0.5) is 0 Å². The Labute approximate surface area is 274 Å². The summed E-state index contributed by atoms with van der Waals surface area (Å²) in [6, 6.07) is 8.78. The Kier molecular flexibility index (Phi) is 17.0. The average Bonchev–Trinajstić information content (AvgIpc) is 3.76. The van der Waals surface area contributed by atoms with Gasteiger partial charge in [0.05, 0.1) is 11.0 Å². The number of carbonyl (C=O) groups excluding carboxylic acids is 4. The van der Waals surface area contributed by atoms with Crippen LogP contribution in [0.25, 0.3) is 0 Å². The van der Waals surface area contributed by atoms with Crippen LogP contribution >= 0.6 is 11.3 Å². The Morgan fingerprint density at radius 1 is 1.07 bits per heavy atom. The summed E-state index contributed by atoms with van der Waals surface area (Å²) in [7, 11) is 0. The lowest BCUT2D eigenvalue weighted by Gasteiger charge is -2.29. The third-order valence-electron chi connectivity index (χ3n) is 8.30. The summed E-state index contributed by atoms with van der Waals surface area (Å²) >= 11 is 1.43. The number of rotatable bonds is 17. The van der Waals surface area contributed by atoms with Crippen LogP contribution in [0.3, 0.4) is 0 Å². The molecule has 2 heterocycles. The van der Waals surface area contributed by atoms with Gasteiger partial charge in [-0.1, -0.05) is 85.2 Å². The first-order valence-corrected chi connectivity index (χ1v) is 17.6. The molecule has 1 aliphatic heterocycles. The molecule has 6 unspecified atom stereocenters. The number of aldehydes is 1. The number of aryl methyl sites for hydroxylation is 1. The summed E-state index contributed by atoms with van der Waals surface area (Å²) in [6.07, 6.45) is 5.89. The van der Waals surface area contributed by atoms with Crippen LogP contribution in [0.1, 0.15) is 102 Å². The van der Waals surface area contributed by atoms with E-state index in [2.05, 4.69) is 40.1 Å². The minimum Gasteiger partial charge on any atom is -0.351 e. The standard InChI is InChI=1S/C33H49N5O4S.C2H6/c1-6-23(5)30(38-31(40)27-13-10-16-34-27)33(42)37-26(21(2)3)14-15-29-36-28(20-43-29)32(41)35-25(17-22(4)19-39)18-24-11-8-7-9-12-24;1-2/h7-9,11-12,19-23,25-27,30,34H,6,10,13-18H2,1-5H3,(H,35,41)(H,37,42)(H,38,40);1-2H3. The number of hydrogen-bond acceptors (Lipinski definition) is 7. The van der Waals surface area contributed by atoms with Gasteiger partial charge in [0, 0.05) is 29.8 Å². The molecular formula is C35H55N5O4S. The van der Waals surface area contributed by atoms with Crippen molar-refractivity contribution in [2.24, 2.45) is 17.8 Å². The van der Waals surface area contributed by atoms with E-state index in [1.54, 1.807) is 5.38 Å². The second kappa shape index (κ2) is 20.1. The quantitative estimate of drug-likeness (QED) is 0.178. The number of amides is 3. The van der Waals surface area contributed by atoms with Gasteiger partial charge in [-0.25, -0.2) is 4.98 Å². The van der Waals surface area contributed by atoms with Crippen molar-refractivity contribution in [3.05, 3.63) is 52.0 Å². The van der Waals surface area contributed by atoms with Gasteiger partial charge in [-0.2, -0.15) is 0 Å². The first-order chi connectivity index (χ1) is 21.6. The van der Waals surface area contributed by atoms with E-state index in [4.69, 9.17) is 0 Å². The Morgan fingerprint density at radius 3 is 2.38 bits per heavy atom. The van der Waals surface area contributed by atoms with Gasteiger partial charge in [0.1, 0.15) is 18.0 Å². The average molecular weight is 642 g/mol. The minimum atomic E-state index is -0.595. The van der Waals surface area contributed by atoms with Crippen molar-refractivity contribution >= 4 is 35.3 Å². The zero-order valence-electron chi connectivity index (χ0n) is 28.2. The molecule has 1 aliphatic rings. The van der Waals surface area contributed by atoms with E-state index in [9.17, 15) is 19.2 Å². The van der Waals surface area contributed by atoms with Gasteiger partial charge < -0.3 is 26.1 Å². The van der Waals surface area contributed by atoms with E-state index >= 15 is 0 Å². The Balaban J connectivity index is 0.00000345. The van der Waals surface area contributed by atoms with Crippen molar-refractivity contribution in [3.8, 4) is 0 Å². The summed E-state index contributed by atoms with van der Waals surface area (Å²) < 4.78 is 0. The van der Waals surface area contributed by atoms with Crippen molar-refractivity contribution < 1.29 is 19.2 Å². The maximum absolute atomic E-state index is 13.4. The van der Waals surface area contributed by atoms with E-state index in [0.29, 0.717) is 31.4 Å². The van der Waals surface area contributed by atoms with Crippen LogP contribution < -0.4 is 21.3 Å². The van der Waals surface area contributed by atoms with Crippen LogP contribution in [-0.4, -0.2) is 59.7 Å². The van der Waals surface area contributed by atoms with Crippen LogP contribution in [0.5, 0.6) is 0 Å². The monoisotopic (exact) mass is 641 g/mol. The molecule has 3 amide bonds. The smallest absolute Gasteiger partial charge is 0.270 e. The lowest BCUT2D eigenvalue weighted by Crippen LogP contribution is -2.56. The second-order valence-corrected chi connectivity index (χ2v) is 13.2. The summed E-state index contributed by atoms with van der Waals surface area (Å²) in [5.41, 5.74) is 1.46. The van der Waals surface area contributed by atoms with Crippen LogP contribution in [-0.2, 0) is 27.2 Å². The van der Waals surface area contributed by atoms with Crippen LogP contribution in [0, 0.1) is 17.8 Å². The molecule has 0 radical (unpaired) electrons. The van der Waals surface area contributed by atoms with Crippen molar-refractivity contribution in [2.45, 2.75) is 118 Å². The Hall–Kier alpha value is -3.11. The highest BCUT2D eigenvalue weighted by Gasteiger charge is 2.31. The van der Waals surface area contributed by atoms with Crippen LogP contribution in [0.15, 0.2) is 35.7 Å². The molecule has 3 rings (SSSR count). The highest BCUT2D eigenvalue weighted by Crippen LogP contribution is 2.18. The molecular weight excluding hydrogens is 586 g/mol. The summed E-state index contributed by atoms with van der Waals surface area (Å²) in [5.74, 6) is -0.518. The van der Waals surface area contributed by atoms with Gasteiger partial charge in [-0.3, -0.25) is 14.4 Å². The first-order valence-electron chi connectivity index (χ1n) is 16.7. The molecule has 250 valence electrons. The number of nitrogens with zero attached hydrogens (tertiary/aromatic N) is 1. The van der Waals surface area contributed by atoms with Crippen LogP contribution in [0.2, 0.25) is 0 Å². The van der Waals surface area contributed by atoms with E-state index in [0.717, 1.165) is 42.7 Å². The van der Waals surface area contributed by atoms with E-state index < -0.39 is 6.04 Å². The molecule has 0 saturated carbocycles. The highest BCUT2D eigenvalue weighted by atomic mass is 32.1. The Bertz CT molecular complexity index is 1180. The largest absolute Gasteiger partial charge is 0.351 e. The Morgan fingerprint density at radius 2 is 1.78 bits per heavy atom. The number of benzene rings is 1. The molecule has 1 aromatic carbocycles. The number of carbonyl (C=O) groups is 4. The van der Waals surface area contributed by atoms with Crippen molar-refractivity contribution in [2.75, 3.05) is 6.54 Å². The molecule has 6 atom stereocenters. The maximum atomic E-state index is 13.4. The van der Waals surface area contributed by atoms with E-state index in [1.165, 1.54) is 11.3 Å². The maximum Gasteiger partial charge on any atom is 0.270 e. The zero-order valence-corrected chi connectivity index (χ0v) is 29.0. The molecule has 0 spiro atoms. The summed E-state index contributed by atoms with van der Waals surface area (Å²) in [6.45, 7) is 14.8. The van der Waals surface area contributed by atoms with Gasteiger partial charge in [-0.05, 0) is 56.0 Å². The fourth-order valence-corrected chi connectivity index (χ4v) is 6.17. The molecule has 1 aromatic heterocycles. The molecule has 10 heteroatoms. The molecule has 45 heavy (non-hydrogen) atoms. The number of aromatic nitrogens is 1. The number of nitrogens with one attached hydrogen (secondary N) is 4. The molecule has 4 N–H and O–H groups in total. The van der Waals surface area contributed by atoms with E-state index in [-0.39, 0.29) is 53.6 Å². The van der Waals surface area contributed by atoms with Crippen molar-refractivity contribution in [1.82, 2.24) is 26.3 Å². The predicted octanol–water partition coefficient (Wildman–Crippen LogP) is 5.09. The van der Waals surface area contributed by atoms with Gasteiger partial charge in [-0.15, -0.1) is 11.3 Å². The van der Waals surface area contributed by atoms with Gasteiger partial charge in [0.2, 0.25) is 11.8 Å². The fourth-order valence-electron chi connectivity index (χ4n) is 5.37. The molecule has 0 aliphatic carbocycles. The lowest BCUT2D eigenvalue weighted by molar-refractivity contribution is -0.131. The fraction of sp³-hybridized carbons (Fsp3) is 0.629. The van der Waals surface area contributed by atoms with Gasteiger partial charge in [0.25, 0.3) is 5.91 Å². The van der Waals surface area contributed by atoms with Gasteiger partial charge in [0.15, 0.2) is 0 Å². The third kappa shape index (κ3) is 12.7. The number of thiazole rings is 1. The summed E-state index contributed by atoms with van der Waals surface area (Å²) in [5, 5.41) is 15.1. The first kappa shape index (κ1) is 38.1. The molecule has 1 saturated heterocycles. The highest BCUT2D eigenvalue weighted by molar-refractivity contribution is 7.09. The van der Waals surface area contributed by atoms with E-state index in [1.807, 2.05) is 65.0 Å². The SMILES string of the molecule is CC.CCC(C)C(NC(=O)C1CCCN1)C(=O)NC(CCc1nc(C(=O)NC(Cc2ccccc2)CC(C)C=O)cs1)C(C)C. The summed E-state index contributed by atoms with van der Waals surface area (Å²) in [4.78, 5) is 55.2.